The summed E-state index contributed by atoms with van der Waals surface area (Å²) in [5.74, 6) is 0. The molecule has 1 unspecified atom stereocenters. The van der Waals surface area contributed by atoms with Crippen LogP contribution in [0.4, 0.5) is 13.2 Å². The van der Waals surface area contributed by atoms with Gasteiger partial charge in [0.15, 0.2) is 0 Å². The average molecular weight is 196 g/mol. The molecule has 0 spiro atoms. The van der Waals surface area contributed by atoms with Gasteiger partial charge in [0, 0.05) is 12.6 Å². The summed E-state index contributed by atoms with van der Waals surface area (Å²) in [4.78, 5) is 1.38. The van der Waals surface area contributed by atoms with Crippen molar-refractivity contribution in [3.8, 4) is 0 Å². The number of nitrogens with one attached hydrogen (secondary N) is 1. The van der Waals surface area contributed by atoms with Crippen molar-refractivity contribution in [1.82, 2.24) is 10.2 Å². The van der Waals surface area contributed by atoms with Gasteiger partial charge in [-0.05, 0) is 26.4 Å². The number of rotatable bonds is 2. The smallest absolute Gasteiger partial charge is 0.315 e. The third kappa shape index (κ3) is 3.95. The number of hydrogen-bond donors (Lipinski definition) is 1. The van der Waals surface area contributed by atoms with Crippen LogP contribution < -0.4 is 5.32 Å². The number of alkyl halides is 3. The Morgan fingerprint density at radius 2 is 2.15 bits per heavy atom. The van der Waals surface area contributed by atoms with Gasteiger partial charge in [-0.25, -0.2) is 0 Å². The number of hydrogen-bond acceptors (Lipinski definition) is 2. The summed E-state index contributed by atoms with van der Waals surface area (Å²) < 4.78 is 36.0. The van der Waals surface area contributed by atoms with E-state index in [1.807, 2.05) is 0 Å². The maximum absolute atomic E-state index is 12.0. The van der Waals surface area contributed by atoms with Crippen LogP contribution in [0.25, 0.3) is 0 Å². The monoisotopic (exact) mass is 196 g/mol. The molecule has 0 radical (unpaired) electrons. The molecule has 13 heavy (non-hydrogen) atoms. The fraction of sp³-hybridized carbons (Fsp3) is 1.00. The second-order valence-electron chi connectivity index (χ2n) is 3.53. The van der Waals surface area contributed by atoms with Crippen molar-refractivity contribution in [3.63, 3.8) is 0 Å². The first-order chi connectivity index (χ1) is 5.99. The lowest BCUT2D eigenvalue weighted by atomic mass is 10.1. The molecule has 2 nitrogen and oxygen atoms in total. The zero-order chi connectivity index (χ0) is 9.90. The Morgan fingerprint density at radius 1 is 1.46 bits per heavy atom. The van der Waals surface area contributed by atoms with Crippen molar-refractivity contribution in [2.45, 2.75) is 25.1 Å². The highest BCUT2D eigenvalue weighted by Gasteiger charge is 2.32. The second-order valence-corrected chi connectivity index (χ2v) is 3.53. The normalized spacial score (nSPS) is 25.2. The third-order valence-corrected chi connectivity index (χ3v) is 2.32. The van der Waals surface area contributed by atoms with Crippen LogP contribution in [0, 0.1) is 0 Å². The Labute approximate surface area is 76.1 Å². The van der Waals surface area contributed by atoms with Gasteiger partial charge in [-0.1, -0.05) is 0 Å². The largest absolute Gasteiger partial charge is 0.401 e. The molecule has 1 aliphatic heterocycles. The highest BCUT2D eigenvalue weighted by Crippen LogP contribution is 2.18. The van der Waals surface area contributed by atoms with Crippen molar-refractivity contribution in [1.29, 1.82) is 0 Å². The topological polar surface area (TPSA) is 15.3 Å². The first-order valence-corrected chi connectivity index (χ1v) is 4.47. The third-order valence-electron chi connectivity index (χ3n) is 2.32. The summed E-state index contributed by atoms with van der Waals surface area (Å²) in [5.41, 5.74) is 0. The lowest BCUT2D eigenvalue weighted by Crippen LogP contribution is -2.47. The highest BCUT2D eigenvalue weighted by molar-refractivity contribution is 4.77. The molecular weight excluding hydrogens is 181 g/mol. The zero-order valence-electron chi connectivity index (χ0n) is 7.69. The Bertz CT molecular complexity index is 152. The maximum Gasteiger partial charge on any atom is 0.401 e. The van der Waals surface area contributed by atoms with Crippen LogP contribution in [-0.2, 0) is 0 Å². The zero-order valence-corrected chi connectivity index (χ0v) is 7.69. The molecule has 0 saturated carbocycles. The van der Waals surface area contributed by atoms with E-state index in [0.717, 1.165) is 19.4 Å². The number of nitrogens with zero attached hydrogens (tertiary/aromatic N) is 1. The molecule has 1 fully saturated rings. The molecule has 0 aromatic rings. The van der Waals surface area contributed by atoms with E-state index in [1.54, 1.807) is 0 Å². The first kappa shape index (κ1) is 10.8. The van der Waals surface area contributed by atoms with Crippen LogP contribution in [0.5, 0.6) is 0 Å². The number of likely N-dealkylation sites (N-methyl/N-ethyl adjacent to an activating group) is 1. The van der Waals surface area contributed by atoms with E-state index in [1.165, 1.54) is 11.9 Å². The standard InChI is InChI=1S/C8H15F3N2/c1-13(6-8(9,10)11)7-3-2-4-12-5-7/h7,12H,2-6H2,1H3. The molecule has 0 aromatic carbocycles. The van der Waals surface area contributed by atoms with Gasteiger partial charge in [0.1, 0.15) is 0 Å². The molecule has 1 atom stereocenters. The highest BCUT2D eigenvalue weighted by atomic mass is 19.4. The van der Waals surface area contributed by atoms with Gasteiger partial charge in [0.2, 0.25) is 0 Å². The van der Waals surface area contributed by atoms with Gasteiger partial charge in [0.25, 0.3) is 0 Å². The van der Waals surface area contributed by atoms with Crippen molar-refractivity contribution in [2.75, 3.05) is 26.7 Å². The molecule has 0 amide bonds. The molecule has 1 rings (SSSR count). The molecule has 1 aliphatic rings. The van der Waals surface area contributed by atoms with Gasteiger partial charge < -0.3 is 5.32 Å². The van der Waals surface area contributed by atoms with Crippen molar-refractivity contribution in [3.05, 3.63) is 0 Å². The van der Waals surface area contributed by atoms with E-state index in [2.05, 4.69) is 5.32 Å². The van der Waals surface area contributed by atoms with Crippen LogP contribution in [0.2, 0.25) is 0 Å². The molecule has 78 valence electrons. The van der Waals surface area contributed by atoms with Crippen LogP contribution in [0.1, 0.15) is 12.8 Å². The van der Waals surface area contributed by atoms with Crippen LogP contribution >= 0.6 is 0 Å². The fourth-order valence-corrected chi connectivity index (χ4v) is 1.62. The minimum Gasteiger partial charge on any atom is -0.315 e. The molecule has 5 heteroatoms. The van der Waals surface area contributed by atoms with Gasteiger partial charge in [-0.3, -0.25) is 4.90 Å². The Hall–Kier alpha value is -0.290. The summed E-state index contributed by atoms with van der Waals surface area (Å²) in [7, 11) is 1.53. The van der Waals surface area contributed by atoms with Gasteiger partial charge >= 0.3 is 6.18 Å². The van der Waals surface area contributed by atoms with E-state index in [9.17, 15) is 13.2 Å². The van der Waals surface area contributed by atoms with Crippen molar-refractivity contribution < 1.29 is 13.2 Å². The Balaban J connectivity index is 2.33. The van der Waals surface area contributed by atoms with E-state index in [4.69, 9.17) is 0 Å². The van der Waals surface area contributed by atoms with Gasteiger partial charge in [0.05, 0.1) is 6.54 Å². The lowest BCUT2D eigenvalue weighted by molar-refractivity contribution is -0.148. The van der Waals surface area contributed by atoms with Crippen LogP contribution in [0.15, 0.2) is 0 Å². The SMILES string of the molecule is CN(CC(F)(F)F)C1CCCNC1. The van der Waals surface area contributed by atoms with E-state index in [0.29, 0.717) is 6.54 Å². The summed E-state index contributed by atoms with van der Waals surface area (Å²) >= 11 is 0. The van der Waals surface area contributed by atoms with Gasteiger partial charge in [-0.2, -0.15) is 13.2 Å². The quantitative estimate of drug-likeness (QED) is 0.714. The summed E-state index contributed by atoms with van der Waals surface area (Å²) in [6.45, 7) is 0.794. The summed E-state index contributed by atoms with van der Waals surface area (Å²) in [5, 5.41) is 3.09. The first-order valence-electron chi connectivity index (χ1n) is 4.47. The van der Waals surface area contributed by atoms with Crippen LogP contribution in [-0.4, -0.2) is 43.8 Å². The predicted molar refractivity (Wildman–Crippen MR) is 44.6 cm³/mol. The van der Waals surface area contributed by atoms with E-state index >= 15 is 0 Å². The van der Waals surface area contributed by atoms with Crippen molar-refractivity contribution in [2.24, 2.45) is 0 Å². The van der Waals surface area contributed by atoms with Crippen LogP contribution in [0.3, 0.4) is 0 Å². The van der Waals surface area contributed by atoms with E-state index < -0.39 is 12.7 Å². The minimum absolute atomic E-state index is 0.0374. The average Bonchev–Trinajstić information content (AvgIpc) is 2.03. The summed E-state index contributed by atoms with van der Waals surface area (Å²) in [6.07, 6.45) is -2.25. The lowest BCUT2D eigenvalue weighted by Gasteiger charge is -2.31. The molecular formula is C8H15F3N2. The molecule has 0 aromatic heterocycles. The summed E-state index contributed by atoms with van der Waals surface area (Å²) in [6, 6.07) is 0.0374. The Kier molecular flexibility index (Phi) is 3.55. The molecule has 1 saturated heterocycles. The molecule has 0 bridgehead atoms. The number of piperidine rings is 1. The van der Waals surface area contributed by atoms with Crippen molar-refractivity contribution >= 4 is 0 Å². The number of halogens is 3. The molecule has 1 N–H and O–H groups in total. The predicted octanol–water partition coefficient (Wildman–Crippen LogP) is 1.23. The van der Waals surface area contributed by atoms with Gasteiger partial charge in [-0.15, -0.1) is 0 Å². The van der Waals surface area contributed by atoms with E-state index in [-0.39, 0.29) is 6.04 Å². The fourth-order valence-electron chi connectivity index (χ4n) is 1.62. The molecule has 0 aliphatic carbocycles. The minimum atomic E-state index is -4.08. The Morgan fingerprint density at radius 3 is 2.62 bits per heavy atom. The molecule has 1 heterocycles. The maximum atomic E-state index is 12.0. The second kappa shape index (κ2) is 4.28.